The zero-order valence-electron chi connectivity index (χ0n) is 17.1. The van der Waals surface area contributed by atoms with E-state index in [-0.39, 0.29) is 23.8 Å². The summed E-state index contributed by atoms with van der Waals surface area (Å²) in [5, 5.41) is 1.98. The largest absolute Gasteiger partial charge is 0.293 e. The van der Waals surface area contributed by atoms with Crippen LogP contribution >= 0.6 is 0 Å². The van der Waals surface area contributed by atoms with Crippen LogP contribution in [0.4, 0.5) is 0 Å². The molecule has 0 amide bonds. The molecule has 0 N–H and O–H groups in total. The van der Waals surface area contributed by atoms with Crippen LogP contribution < -0.4 is 0 Å². The summed E-state index contributed by atoms with van der Waals surface area (Å²) in [7, 11) is -3.77. The van der Waals surface area contributed by atoms with Crippen LogP contribution in [0.1, 0.15) is 21.5 Å². The van der Waals surface area contributed by atoms with Gasteiger partial charge >= 0.3 is 0 Å². The van der Waals surface area contributed by atoms with E-state index in [1.165, 1.54) is 4.31 Å². The molecule has 31 heavy (non-hydrogen) atoms. The first-order chi connectivity index (χ1) is 14.9. The second kappa shape index (κ2) is 7.45. The van der Waals surface area contributed by atoms with Gasteiger partial charge in [0.2, 0.25) is 10.0 Å². The molecule has 154 valence electrons. The van der Waals surface area contributed by atoms with Crippen molar-refractivity contribution in [1.82, 2.24) is 4.31 Å². The predicted octanol–water partition coefficient (Wildman–Crippen LogP) is 5.20. The molecule has 0 bridgehead atoms. The number of aryl methyl sites for hydroxylation is 1. The van der Waals surface area contributed by atoms with Crippen molar-refractivity contribution in [2.45, 2.75) is 18.4 Å². The van der Waals surface area contributed by atoms with E-state index in [0.29, 0.717) is 5.56 Å². The molecule has 1 aliphatic rings. The van der Waals surface area contributed by atoms with Gasteiger partial charge in [-0.25, -0.2) is 8.42 Å². The van der Waals surface area contributed by atoms with E-state index >= 15 is 0 Å². The normalized spacial score (nSPS) is 14.5. The summed E-state index contributed by atoms with van der Waals surface area (Å²) in [6, 6.07) is 26.4. The van der Waals surface area contributed by atoms with Crippen molar-refractivity contribution in [3.63, 3.8) is 0 Å². The van der Waals surface area contributed by atoms with E-state index in [9.17, 15) is 13.2 Å². The Balaban J connectivity index is 1.68. The standard InChI is InChI=1S/C26H21NO3S/c1-18-11-13-22(14-12-18)31(29,30)27-16-21-15-20-9-5-6-10-23(20)25(26(21)24(28)17-27)19-7-3-2-4-8-19/h2-15H,16-17H2,1H3. The average molecular weight is 428 g/mol. The van der Waals surface area contributed by atoms with Gasteiger partial charge in [-0.2, -0.15) is 4.31 Å². The lowest BCUT2D eigenvalue weighted by molar-refractivity contribution is 0.0950. The lowest BCUT2D eigenvalue weighted by Crippen LogP contribution is -2.39. The molecule has 0 aromatic heterocycles. The highest BCUT2D eigenvalue weighted by molar-refractivity contribution is 7.89. The van der Waals surface area contributed by atoms with E-state index in [1.54, 1.807) is 24.3 Å². The second-order valence-corrected chi connectivity index (χ2v) is 9.82. The second-order valence-electron chi connectivity index (χ2n) is 7.88. The number of fused-ring (bicyclic) bond motifs is 2. The highest BCUT2D eigenvalue weighted by Gasteiger charge is 2.34. The maximum atomic E-state index is 13.4. The van der Waals surface area contributed by atoms with Crippen LogP contribution in [0.3, 0.4) is 0 Å². The Bertz CT molecular complexity index is 1410. The van der Waals surface area contributed by atoms with Crippen molar-refractivity contribution in [3.8, 4) is 11.1 Å². The Morgan fingerprint density at radius 1 is 0.774 bits per heavy atom. The summed E-state index contributed by atoms with van der Waals surface area (Å²) < 4.78 is 27.8. The number of ketones is 1. The van der Waals surface area contributed by atoms with Gasteiger partial charge in [-0.3, -0.25) is 4.79 Å². The Labute approximate surface area is 181 Å². The Kier molecular flexibility index (Phi) is 4.73. The summed E-state index contributed by atoms with van der Waals surface area (Å²) in [5.41, 5.74) is 4.19. The molecule has 4 nitrogen and oxygen atoms in total. The van der Waals surface area contributed by atoms with E-state index in [2.05, 4.69) is 0 Å². The van der Waals surface area contributed by atoms with Crippen molar-refractivity contribution in [2.75, 3.05) is 6.54 Å². The molecule has 0 radical (unpaired) electrons. The smallest absolute Gasteiger partial charge is 0.243 e. The minimum atomic E-state index is -3.77. The number of sulfonamides is 1. The van der Waals surface area contributed by atoms with Gasteiger partial charge in [-0.05, 0) is 47.0 Å². The van der Waals surface area contributed by atoms with E-state index in [1.807, 2.05) is 67.6 Å². The molecule has 0 aliphatic carbocycles. The average Bonchev–Trinajstić information content (AvgIpc) is 2.78. The molecule has 4 aromatic rings. The third-order valence-electron chi connectivity index (χ3n) is 5.80. The van der Waals surface area contributed by atoms with Crippen LogP contribution in [-0.2, 0) is 16.6 Å². The molecule has 0 atom stereocenters. The number of carbonyl (C=O) groups is 1. The number of hydrogen-bond donors (Lipinski definition) is 0. The summed E-state index contributed by atoms with van der Waals surface area (Å²) in [6.45, 7) is 1.91. The molecule has 4 aromatic carbocycles. The monoisotopic (exact) mass is 427 g/mol. The third-order valence-corrected chi connectivity index (χ3v) is 7.60. The van der Waals surface area contributed by atoms with Crippen LogP contribution in [0.5, 0.6) is 0 Å². The first kappa shape index (κ1) is 19.7. The van der Waals surface area contributed by atoms with Crippen molar-refractivity contribution >= 4 is 26.6 Å². The van der Waals surface area contributed by atoms with E-state index < -0.39 is 10.0 Å². The minimum absolute atomic E-state index is 0.165. The van der Waals surface area contributed by atoms with Crippen molar-refractivity contribution in [2.24, 2.45) is 0 Å². The number of Topliss-reactive ketones (excluding diaryl/α,β-unsaturated/α-hetero) is 1. The summed E-state index contributed by atoms with van der Waals surface area (Å²) in [4.78, 5) is 13.6. The molecular formula is C26H21NO3S. The topological polar surface area (TPSA) is 54.5 Å². The third kappa shape index (κ3) is 3.36. The van der Waals surface area contributed by atoms with Gasteiger partial charge in [0.1, 0.15) is 0 Å². The SMILES string of the molecule is Cc1ccc(S(=O)(=O)N2CC(=O)c3c(cc4ccccc4c3-c3ccccc3)C2)cc1. The summed E-state index contributed by atoms with van der Waals surface area (Å²) in [6.07, 6.45) is 0. The molecule has 1 aliphatic heterocycles. The number of hydrogen-bond acceptors (Lipinski definition) is 3. The van der Waals surface area contributed by atoms with Gasteiger partial charge in [-0.15, -0.1) is 0 Å². The van der Waals surface area contributed by atoms with E-state index in [4.69, 9.17) is 0 Å². The highest BCUT2D eigenvalue weighted by Crippen LogP contribution is 2.38. The summed E-state index contributed by atoms with van der Waals surface area (Å²) >= 11 is 0. The number of nitrogens with zero attached hydrogens (tertiary/aromatic N) is 1. The fourth-order valence-corrected chi connectivity index (χ4v) is 5.64. The minimum Gasteiger partial charge on any atom is -0.293 e. The molecule has 0 saturated heterocycles. The lowest BCUT2D eigenvalue weighted by atomic mass is 9.86. The van der Waals surface area contributed by atoms with Crippen LogP contribution in [-0.4, -0.2) is 25.1 Å². The first-order valence-corrected chi connectivity index (χ1v) is 11.6. The zero-order chi connectivity index (χ0) is 21.6. The molecule has 5 heteroatoms. The van der Waals surface area contributed by atoms with Crippen LogP contribution in [0.25, 0.3) is 21.9 Å². The number of carbonyl (C=O) groups excluding carboxylic acids is 1. The van der Waals surface area contributed by atoms with Crippen molar-refractivity contribution < 1.29 is 13.2 Å². The van der Waals surface area contributed by atoms with Crippen LogP contribution in [0, 0.1) is 6.92 Å². The zero-order valence-corrected chi connectivity index (χ0v) is 17.9. The van der Waals surface area contributed by atoms with Crippen LogP contribution in [0.15, 0.2) is 89.8 Å². The Morgan fingerprint density at radius 2 is 1.45 bits per heavy atom. The number of benzene rings is 4. The predicted molar refractivity (Wildman–Crippen MR) is 122 cm³/mol. The quantitative estimate of drug-likeness (QED) is 0.451. The molecule has 0 fully saturated rings. The maximum absolute atomic E-state index is 13.4. The Morgan fingerprint density at radius 3 is 2.19 bits per heavy atom. The highest BCUT2D eigenvalue weighted by atomic mass is 32.2. The fraction of sp³-hybridized carbons (Fsp3) is 0.115. The van der Waals surface area contributed by atoms with E-state index in [0.717, 1.165) is 33.0 Å². The fourth-order valence-electron chi connectivity index (χ4n) is 4.27. The molecule has 0 unspecified atom stereocenters. The lowest BCUT2D eigenvalue weighted by Gasteiger charge is -2.29. The van der Waals surface area contributed by atoms with Gasteiger partial charge in [0, 0.05) is 17.7 Å². The van der Waals surface area contributed by atoms with Crippen molar-refractivity contribution in [3.05, 3.63) is 102 Å². The molecular weight excluding hydrogens is 406 g/mol. The van der Waals surface area contributed by atoms with Crippen LogP contribution in [0.2, 0.25) is 0 Å². The maximum Gasteiger partial charge on any atom is 0.243 e. The van der Waals surface area contributed by atoms with Gasteiger partial charge in [0.15, 0.2) is 5.78 Å². The van der Waals surface area contributed by atoms with Gasteiger partial charge in [0.05, 0.1) is 11.4 Å². The van der Waals surface area contributed by atoms with Gasteiger partial charge < -0.3 is 0 Å². The van der Waals surface area contributed by atoms with Gasteiger partial charge in [-0.1, -0.05) is 72.3 Å². The van der Waals surface area contributed by atoms with Gasteiger partial charge in [0.25, 0.3) is 0 Å². The molecule has 5 rings (SSSR count). The van der Waals surface area contributed by atoms with Crippen molar-refractivity contribution in [1.29, 1.82) is 0 Å². The number of rotatable bonds is 3. The molecule has 0 spiro atoms. The first-order valence-electron chi connectivity index (χ1n) is 10.2. The molecule has 0 saturated carbocycles. The Hall–Kier alpha value is -3.28. The molecule has 1 heterocycles. The summed E-state index contributed by atoms with van der Waals surface area (Å²) in [5.74, 6) is -0.179.